The van der Waals surface area contributed by atoms with Gasteiger partial charge in [-0.05, 0) is 90.7 Å². The van der Waals surface area contributed by atoms with Crippen molar-refractivity contribution >= 4 is 22.9 Å². The number of hydrogen-bond acceptors (Lipinski definition) is 0. The molecule has 0 spiro atoms. The van der Waals surface area contributed by atoms with Gasteiger partial charge in [-0.1, -0.05) is 135 Å². The first-order valence-corrected chi connectivity index (χ1v) is 13.7. The molecule has 0 atom stereocenters. The molecule has 0 bridgehead atoms. The molecule has 0 saturated heterocycles. The van der Waals surface area contributed by atoms with E-state index < -0.39 is 0 Å². The van der Waals surface area contributed by atoms with E-state index in [9.17, 15) is 0 Å². The molecule has 0 N–H and O–H groups in total. The topological polar surface area (TPSA) is 0 Å². The number of benzene rings is 6. The smallest absolute Gasteiger partial charge is 0.0159 e. The molecule has 0 fully saturated rings. The second-order valence-corrected chi connectivity index (χ2v) is 11.1. The first kappa shape index (κ1) is 23.4. The highest BCUT2D eigenvalue weighted by Crippen LogP contribution is 2.50. The summed E-state index contributed by atoms with van der Waals surface area (Å²) in [5, 5.41) is 2.52. The summed E-state index contributed by atoms with van der Waals surface area (Å²) in [6.07, 6.45) is 4.36. The van der Waals surface area contributed by atoms with Crippen LogP contribution in [0.2, 0.25) is 0 Å². The van der Waals surface area contributed by atoms with E-state index in [-0.39, 0.29) is 5.41 Å². The molecule has 7 rings (SSSR count). The van der Waals surface area contributed by atoms with Gasteiger partial charge in [0.15, 0.2) is 0 Å². The van der Waals surface area contributed by atoms with Crippen molar-refractivity contribution in [2.45, 2.75) is 19.3 Å². The van der Waals surface area contributed by atoms with Crippen LogP contribution in [0.4, 0.5) is 0 Å². The molecule has 1 aliphatic rings. The Bertz CT molecular complexity index is 1850. The van der Waals surface area contributed by atoms with E-state index in [1.807, 2.05) is 6.07 Å². The summed E-state index contributed by atoms with van der Waals surface area (Å²) in [5.74, 6) is 0. The van der Waals surface area contributed by atoms with Crippen LogP contribution in [0.5, 0.6) is 0 Å². The van der Waals surface area contributed by atoms with Crippen molar-refractivity contribution in [3.63, 3.8) is 0 Å². The zero-order chi connectivity index (χ0) is 26.4. The lowest BCUT2D eigenvalue weighted by atomic mass is 9.81. The summed E-state index contributed by atoms with van der Waals surface area (Å²) in [7, 11) is 0. The summed E-state index contributed by atoms with van der Waals surface area (Å²) in [5.41, 5.74) is 13.0. The van der Waals surface area contributed by atoms with Crippen molar-refractivity contribution in [3.8, 4) is 33.4 Å². The van der Waals surface area contributed by atoms with Gasteiger partial charge in [0.2, 0.25) is 0 Å². The van der Waals surface area contributed by atoms with Gasteiger partial charge in [-0.25, -0.2) is 0 Å². The molecule has 0 saturated carbocycles. The molecule has 0 radical (unpaired) electrons. The van der Waals surface area contributed by atoms with E-state index in [0.717, 1.165) is 0 Å². The Morgan fingerprint density at radius 3 is 1.62 bits per heavy atom. The van der Waals surface area contributed by atoms with Gasteiger partial charge < -0.3 is 0 Å². The summed E-state index contributed by atoms with van der Waals surface area (Å²) >= 11 is 0. The number of rotatable bonds is 4. The van der Waals surface area contributed by atoms with Crippen LogP contribution in [0.1, 0.15) is 36.1 Å². The molecule has 1 aliphatic carbocycles. The Morgan fingerprint density at radius 1 is 0.410 bits per heavy atom. The highest BCUT2D eigenvalue weighted by Gasteiger charge is 2.35. The summed E-state index contributed by atoms with van der Waals surface area (Å²) < 4.78 is 0. The molecule has 0 heteroatoms. The summed E-state index contributed by atoms with van der Waals surface area (Å²) in [4.78, 5) is 0. The molecular weight excluding hydrogens is 468 g/mol. The fourth-order valence-electron chi connectivity index (χ4n) is 6.03. The van der Waals surface area contributed by atoms with Crippen LogP contribution < -0.4 is 0 Å². The average molecular weight is 499 g/mol. The fourth-order valence-corrected chi connectivity index (χ4v) is 6.03. The van der Waals surface area contributed by atoms with Crippen LogP contribution in [-0.4, -0.2) is 0 Å². The van der Waals surface area contributed by atoms with Gasteiger partial charge in [0.1, 0.15) is 0 Å². The van der Waals surface area contributed by atoms with E-state index in [4.69, 9.17) is 0 Å². The first-order valence-electron chi connectivity index (χ1n) is 13.7. The van der Waals surface area contributed by atoms with Gasteiger partial charge in [-0.2, -0.15) is 0 Å². The molecule has 0 heterocycles. The maximum atomic E-state index is 2.41. The van der Waals surface area contributed by atoms with Crippen LogP contribution in [-0.2, 0) is 5.41 Å². The number of fused-ring (bicyclic) bond motifs is 4. The Morgan fingerprint density at radius 2 is 0.923 bits per heavy atom. The van der Waals surface area contributed by atoms with E-state index in [0.29, 0.717) is 0 Å². The van der Waals surface area contributed by atoms with Gasteiger partial charge in [-0.15, -0.1) is 0 Å². The van der Waals surface area contributed by atoms with Crippen LogP contribution in [0.3, 0.4) is 0 Å². The first-order chi connectivity index (χ1) is 19.1. The van der Waals surface area contributed by atoms with Crippen molar-refractivity contribution in [3.05, 3.63) is 156 Å². The predicted octanol–water partition coefficient (Wildman–Crippen LogP) is 10.7. The highest BCUT2D eigenvalue weighted by molar-refractivity contribution is 5.91. The van der Waals surface area contributed by atoms with Crippen molar-refractivity contribution in [1.29, 1.82) is 0 Å². The minimum atomic E-state index is -0.0533. The molecular formula is C39H30. The largest absolute Gasteiger partial charge is 0.0622 e. The Kier molecular flexibility index (Phi) is 5.56. The zero-order valence-electron chi connectivity index (χ0n) is 22.4. The lowest BCUT2D eigenvalue weighted by Crippen LogP contribution is -2.15. The molecule has 186 valence electrons. The van der Waals surface area contributed by atoms with Crippen molar-refractivity contribution in [2.75, 3.05) is 0 Å². The fraction of sp³-hybridized carbons (Fsp3) is 0.0769. The van der Waals surface area contributed by atoms with Gasteiger partial charge in [0, 0.05) is 5.41 Å². The minimum absolute atomic E-state index is 0.0533. The van der Waals surface area contributed by atoms with Gasteiger partial charge in [-0.3, -0.25) is 0 Å². The maximum absolute atomic E-state index is 2.41. The van der Waals surface area contributed by atoms with Gasteiger partial charge >= 0.3 is 0 Å². The lowest BCUT2D eigenvalue weighted by Gasteiger charge is -2.22. The van der Waals surface area contributed by atoms with Crippen molar-refractivity contribution in [1.82, 2.24) is 0 Å². The van der Waals surface area contributed by atoms with Crippen molar-refractivity contribution < 1.29 is 0 Å². The third-order valence-corrected chi connectivity index (χ3v) is 8.25. The lowest BCUT2D eigenvalue weighted by molar-refractivity contribution is 0.661. The molecule has 0 unspecified atom stereocenters. The normalized spacial score (nSPS) is 13.5. The Hall–Kier alpha value is -4.68. The average Bonchev–Trinajstić information content (AvgIpc) is 3.22. The molecule has 39 heavy (non-hydrogen) atoms. The highest BCUT2D eigenvalue weighted by atomic mass is 14.4. The van der Waals surface area contributed by atoms with Crippen LogP contribution in [0, 0.1) is 0 Å². The molecule has 0 aromatic heterocycles. The van der Waals surface area contributed by atoms with Crippen LogP contribution >= 0.6 is 0 Å². The third kappa shape index (κ3) is 4.19. The predicted molar refractivity (Wildman–Crippen MR) is 168 cm³/mol. The second kappa shape index (κ2) is 9.26. The Labute approximate surface area is 230 Å². The van der Waals surface area contributed by atoms with E-state index in [1.54, 1.807) is 0 Å². The standard InChI is InChI=1S/C39H30/c1-39(2)37-25-33(29-11-7-4-8-12-29)19-21-35(37)36-22-20-34(26-38(36)39)32-18-17-30-23-28(15-16-31(30)24-32)14-13-27-9-5-3-6-10-27/h3-26H,1-2H3/b14-13+. The maximum Gasteiger partial charge on any atom is 0.0159 e. The SMILES string of the molecule is CC1(C)c2cc(-c3ccccc3)ccc2-c2ccc(-c3ccc4cc(/C=C/c5ccccc5)ccc4c3)cc21. The molecule has 6 aromatic rings. The second-order valence-electron chi connectivity index (χ2n) is 11.1. The van der Waals surface area contributed by atoms with Gasteiger partial charge in [0.25, 0.3) is 0 Å². The van der Waals surface area contributed by atoms with E-state index in [2.05, 4.69) is 153 Å². The molecule has 0 amide bonds. The third-order valence-electron chi connectivity index (χ3n) is 8.25. The molecule has 6 aromatic carbocycles. The van der Waals surface area contributed by atoms with Crippen molar-refractivity contribution in [2.24, 2.45) is 0 Å². The zero-order valence-corrected chi connectivity index (χ0v) is 22.4. The van der Waals surface area contributed by atoms with E-state index >= 15 is 0 Å². The molecule has 0 nitrogen and oxygen atoms in total. The summed E-state index contributed by atoms with van der Waals surface area (Å²) in [6, 6.07) is 48.7. The van der Waals surface area contributed by atoms with Gasteiger partial charge in [0.05, 0.1) is 0 Å². The Balaban J connectivity index is 1.22. The van der Waals surface area contributed by atoms with Crippen LogP contribution in [0.15, 0.2) is 133 Å². The molecule has 0 aliphatic heterocycles. The minimum Gasteiger partial charge on any atom is -0.0622 e. The number of hydrogen-bond donors (Lipinski definition) is 0. The monoisotopic (exact) mass is 498 g/mol. The summed E-state index contributed by atoms with van der Waals surface area (Å²) in [6.45, 7) is 4.72. The van der Waals surface area contributed by atoms with Crippen LogP contribution in [0.25, 0.3) is 56.3 Å². The quantitative estimate of drug-likeness (QED) is 0.212. The van der Waals surface area contributed by atoms with E-state index in [1.165, 1.54) is 66.4 Å².